The summed E-state index contributed by atoms with van der Waals surface area (Å²) >= 11 is 1.81. The SMILES string of the molecule is CN(CC(=O)N1c2ccccc2SC[C@@H]1c1ccccc1)Cc1ccco1. The van der Waals surface area contributed by atoms with Gasteiger partial charge in [-0.3, -0.25) is 9.69 Å². The summed E-state index contributed by atoms with van der Waals surface area (Å²) in [5.74, 6) is 1.82. The molecule has 138 valence electrons. The summed E-state index contributed by atoms with van der Waals surface area (Å²) in [5, 5.41) is 0. The van der Waals surface area contributed by atoms with Gasteiger partial charge in [-0.1, -0.05) is 42.5 Å². The maximum Gasteiger partial charge on any atom is 0.241 e. The molecule has 0 saturated heterocycles. The number of hydrogen-bond acceptors (Lipinski definition) is 4. The Hall–Kier alpha value is -2.50. The van der Waals surface area contributed by atoms with E-state index in [1.165, 1.54) is 5.56 Å². The van der Waals surface area contributed by atoms with Crippen molar-refractivity contribution < 1.29 is 9.21 Å². The first-order chi connectivity index (χ1) is 13.2. The number of anilines is 1. The zero-order valence-corrected chi connectivity index (χ0v) is 16.1. The summed E-state index contributed by atoms with van der Waals surface area (Å²) in [7, 11) is 1.95. The molecule has 0 spiro atoms. The predicted molar refractivity (Wildman–Crippen MR) is 109 cm³/mol. The molecular formula is C22H22N2O2S. The zero-order chi connectivity index (χ0) is 18.6. The van der Waals surface area contributed by atoms with Crippen LogP contribution in [0.5, 0.6) is 0 Å². The van der Waals surface area contributed by atoms with Crippen LogP contribution in [0.2, 0.25) is 0 Å². The highest BCUT2D eigenvalue weighted by Gasteiger charge is 2.32. The van der Waals surface area contributed by atoms with Crippen molar-refractivity contribution in [3.05, 3.63) is 84.3 Å². The number of nitrogens with zero attached hydrogens (tertiary/aromatic N) is 2. The van der Waals surface area contributed by atoms with E-state index in [0.717, 1.165) is 22.1 Å². The third-order valence-corrected chi connectivity index (χ3v) is 5.84. The van der Waals surface area contributed by atoms with E-state index in [0.29, 0.717) is 13.1 Å². The fraction of sp³-hybridized carbons (Fsp3) is 0.227. The Bertz CT molecular complexity index is 896. The highest BCUT2D eigenvalue weighted by molar-refractivity contribution is 7.99. The number of fused-ring (bicyclic) bond motifs is 1. The molecule has 0 unspecified atom stereocenters. The molecule has 0 saturated carbocycles. The van der Waals surface area contributed by atoms with E-state index in [-0.39, 0.29) is 11.9 Å². The molecule has 2 heterocycles. The third-order valence-electron chi connectivity index (χ3n) is 4.70. The lowest BCUT2D eigenvalue weighted by Crippen LogP contribution is -2.43. The van der Waals surface area contributed by atoms with E-state index in [2.05, 4.69) is 18.2 Å². The lowest BCUT2D eigenvalue weighted by molar-refractivity contribution is -0.120. The third kappa shape index (κ3) is 3.94. The second-order valence-electron chi connectivity index (χ2n) is 6.72. The van der Waals surface area contributed by atoms with Crippen LogP contribution in [0.15, 0.2) is 82.3 Å². The lowest BCUT2D eigenvalue weighted by Gasteiger charge is -2.38. The number of carbonyl (C=O) groups is 1. The first-order valence-corrected chi connectivity index (χ1v) is 10.0. The standard InChI is InChI=1S/C22H22N2O2S/c1-23(14-18-10-7-13-26-18)15-22(25)24-19-11-5-6-12-21(19)27-16-20(24)17-8-3-2-4-9-17/h2-13,20H,14-16H2,1H3/t20-/m1/s1. The number of hydrogen-bond donors (Lipinski definition) is 0. The lowest BCUT2D eigenvalue weighted by atomic mass is 10.1. The molecule has 27 heavy (non-hydrogen) atoms. The van der Waals surface area contributed by atoms with Crippen molar-refractivity contribution >= 4 is 23.4 Å². The Kier molecular flexibility index (Phi) is 5.32. The summed E-state index contributed by atoms with van der Waals surface area (Å²) in [6.07, 6.45) is 1.66. The summed E-state index contributed by atoms with van der Waals surface area (Å²) < 4.78 is 5.41. The molecule has 4 rings (SSSR count). The van der Waals surface area contributed by atoms with E-state index >= 15 is 0 Å². The second-order valence-corrected chi connectivity index (χ2v) is 7.78. The topological polar surface area (TPSA) is 36.7 Å². The Morgan fingerprint density at radius 3 is 2.67 bits per heavy atom. The van der Waals surface area contributed by atoms with Gasteiger partial charge in [0.15, 0.2) is 0 Å². The first-order valence-electron chi connectivity index (χ1n) is 9.02. The quantitative estimate of drug-likeness (QED) is 0.651. The van der Waals surface area contributed by atoms with Crippen molar-refractivity contribution in [1.29, 1.82) is 0 Å². The van der Waals surface area contributed by atoms with Gasteiger partial charge in [0.2, 0.25) is 5.91 Å². The minimum absolute atomic E-state index is 0.0376. The molecule has 0 bridgehead atoms. The summed E-state index contributed by atoms with van der Waals surface area (Å²) in [4.78, 5) is 18.5. The van der Waals surface area contributed by atoms with E-state index in [4.69, 9.17) is 4.42 Å². The second kappa shape index (κ2) is 8.03. The van der Waals surface area contributed by atoms with Gasteiger partial charge in [-0.15, -0.1) is 11.8 Å². The molecular weight excluding hydrogens is 356 g/mol. The fourth-order valence-electron chi connectivity index (χ4n) is 3.45. The molecule has 2 aromatic carbocycles. The van der Waals surface area contributed by atoms with Gasteiger partial charge in [0.25, 0.3) is 0 Å². The minimum Gasteiger partial charge on any atom is -0.468 e. The number of carbonyl (C=O) groups excluding carboxylic acids is 1. The van der Waals surface area contributed by atoms with Crippen LogP contribution in [0.3, 0.4) is 0 Å². The van der Waals surface area contributed by atoms with Gasteiger partial charge in [-0.25, -0.2) is 0 Å². The monoisotopic (exact) mass is 378 g/mol. The highest BCUT2D eigenvalue weighted by atomic mass is 32.2. The van der Waals surface area contributed by atoms with Gasteiger partial charge in [-0.05, 0) is 36.9 Å². The van der Waals surface area contributed by atoms with Crippen LogP contribution in [0.25, 0.3) is 0 Å². The van der Waals surface area contributed by atoms with Crippen LogP contribution in [-0.4, -0.2) is 30.2 Å². The average Bonchev–Trinajstić information content (AvgIpc) is 3.20. The van der Waals surface area contributed by atoms with Crippen LogP contribution in [0, 0.1) is 0 Å². The molecule has 4 nitrogen and oxygen atoms in total. The van der Waals surface area contributed by atoms with Gasteiger partial charge in [0.1, 0.15) is 5.76 Å². The normalized spacial score (nSPS) is 16.4. The van der Waals surface area contributed by atoms with Gasteiger partial charge >= 0.3 is 0 Å². The van der Waals surface area contributed by atoms with Crippen molar-refractivity contribution in [2.45, 2.75) is 17.5 Å². The number of rotatable bonds is 5. The van der Waals surface area contributed by atoms with Crippen LogP contribution >= 0.6 is 11.8 Å². The highest BCUT2D eigenvalue weighted by Crippen LogP contribution is 2.43. The Labute approximate surface area is 163 Å². The molecule has 0 N–H and O–H groups in total. The van der Waals surface area contributed by atoms with E-state index < -0.39 is 0 Å². The van der Waals surface area contributed by atoms with Gasteiger partial charge in [-0.2, -0.15) is 0 Å². The van der Waals surface area contributed by atoms with Crippen LogP contribution < -0.4 is 4.90 Å². The molecule has 5 heteroatoms. The maximum atomic E-state index is 13.3. The van der Waals surface area contributed by atoms with Crippen molar-refractivity contribution in [2.24, 2.45) is 0 Å². The Morgan fingerprint density at radius 2 is 1.89 bits per heavy atom. The summed E-state index contributed by atoms with van der Waals surface area (Å²) in [6.45, 7) is 0.946. The minimum atomic E-state index is 0.0376. The van der Waals surface area contributed by atoms with E-state index in [9.17, 15) is 4.79 Å². The van der Waals surface area contributed by atoms with Crippen LogP contribution in [-0.2, 0) is 11.3 Å². The van der Waals surface area contributed by atoms with E-state index in [1.807, 2.05) is 77.1 Å². The largest absolute Gasteiger partial charge is 0.468 e. The fourth-order valence-corrected chi connectivity index (χ4v) is 4.62. The molecule has 3 aromatic rings. The summed E-state index contributed by atoms with van der Waals surface area (Å²) in [6, 6.07) is 22.3. The molecule has 1 amide bonds. The van der Waals surface area contributed by atoms with Crippen molar-refractivity contribution in [1.82, 2.24) is 4.90 Å². The number of likely N-dealkylation sites (N-methyl/N-ethyl adjacent to an activating group) is 1. The van der Waals surface area contributed by atoms with Crippen molar-refractivity contribution in [2.75, 3.05) is 24.2 Å². The number of thioether (sulfide) groups is 1. The number of para-hydroxylation sites is 1. The average molecular weight is 378 g/mol. The van der Waals surface area contributed by atoms with Gasteiger partial charge in [0, 0.05) is 10.6 Å². The van der Waals surface area contributed by atoms with Gasteiger partial charge in [0.05, 0.1) is 31.1 Å². The van der Waals surface area contributed by atoms with Crippen molar-refractivity contribution in [3.8, 4) is 0 Å². The molecule has 1 aliphatic rings. The first kappa shape index (κ1) is 17.9. The summed E-state index contributed by atoms with van der Waals surface area (Å²) in [5.41, 5.74) is 2.17. The van der Waals surface area contributed by atoms with Crippen LogP contribution in [0.1, 0.15) is 17.4 Å². The smallest absolute Gasteiger partial charge is 0.241 e. The Morgan fingerprint density at radius 1 is 1.11 bits per heavy atom. The molecule has 1 aromatic heterocycles. The zero-order valence-electron chi connectivity index (χ0n) is 15.2. The number of furan rings is 1. The number of benzene rings is 2. The molecule has 0 radical (unpaired) electrons. The van der Waals surface area contributed by atoms with Crippen molar-refractivity contribution in [3.63, 3.8) is 0 Å². The van der Waals surface area contributed by atoms with Gasteiger partial charge < -0.3 is 9.32 Å². The Balaban J connectivity index is 1.60. The predicted octanol–water partition coefficient (Wildman–Crippen LogP) is 4.59. The molecule has 0 fully saturated rings. The van der Waals surface area contributed by atoms with Crippen LogP contribution in [0.4, 0.5) is 5.69 Å². The maximum absolute atomic E-state index is 13.3. The molecule has 1 aliphatic heterocycles. The molecule has 0 aliphatic carbocycles. The molecule has 1 atom stereocenters. The van der Waals surface area contributed by atoms with E-state index in [1.54, 1.807) is 6.26 Å². The number of amides is 1.